The molecule has 0 saturated heterocycles. The first kappa shape index (κ1) is 19.1. The molecule has 1 heterocycles. The average Bonchev–Trinajstić information content (AvgIpc) is 2.92. The molecule has 0 atom stereocenters. The van der Waals surface area contributed by atoms with E-state index in [0.29, 0.717) is 11.4 Å². The van der Waals surface area contributed by atoms with Crippen LogP contribution in [0.4, 0.5) is 5.69 Å². The second-order valence-electron chi connectivity index (χ2n) is 6.15. The third-order valence-electron chi connectivity index (χ3n) is 4.16. The Kier molecular flexibility index (Phi) is 5.39. The van der Waals surface area contributed by atoms with Crippen LogP contribution in [-0.2, 0) is 14.3 Å². The number of hydrogen-bond donors (Lipinski definition) is 1. The summed E-state index contributed by atoms with van der Waals surface area (Å²) in [6.45, 7) is 0.740. The van der Waals surface area contributed by atoms with Gasteiger partial charge in [0.05, 0.1) is 23.9 Å². The van der Waals surface area contributed by atoms with E-state index >= 15 is 0 Å². The quantitative estimate of drug-likeness (QED) is 0.604. The average molecular weight is 382 g/mol. The fourth-order valence-electron chi connectivity index (χ4n) is 2.81. The van der Waals surface area contributed by atoms with Crippen LogP contribution in [0.1, 0.15) is 26.3 Å². The van der Waals surface area contributed by atoms with Crippen LogP contribution in [0, 0.1) is 6.92 Å². The van der Waals surface area contributed by atoms with E-state index in [4.69, 9.17) is 9.47 Å². The standard InChI is InChI=1S/C20H18N2O6/c1-12-7-8-16(27-2)15(9-12)21-17(23)11-28-18(24)10-22-19(25)13-5-3-4-6-14(13)20(22)26/h3-9H,10-11H2,1-2H3,(H,21,23). The third-order valence-corrected chi connectivity index (χ3v) is 4.16. The van der Waals surface area contributed by atoms with Crippen LogP contribution >= 0.6 is 0 Å². The predicted octanol–water partition coefficient (Wildman–Crippen LogP) is 1.78. The first-order chi connectivity index (χ1) is 13.4. The molecule has 2 aromatic carbocycles. The van der Waals surface area contributed by atoms with Gasteiger partial charge in [-0.05, 0) is 36.8 Å². The molecule has 8 nitrogen and oxygen atoms in total. The molecule has 28 heavy (non-hydrogen) atoms. The van der Waals surface area contributed by atoms with Crippen LogP contribution in [0.3, 0.4) is 0 Å². The molecule has 0 unspecified atom stereocenters. The molecule has 8 heteroatoms. The third kappa shape index (κ3) is 3.85. The minimum absolute atomic E-state index is 0.240. The molecule has 3 amide bonds. The second kappa shape index (κ2) is 7.91. The number of amides is 3. The number of nitrogens with zero attached hydrogens (tertiary/aromatic N) is 1. The number of imide groups is 1. The van der Waals surface area contributed by atoms with Crippen molar-refractivity contribution in [2.75, 3.05) is 25.6 Å². The van der Waals surface area contributed by atoms with Crippen molar-refractivity contribution in [3.63, 3.8) is 0 Å². The van der Waals surface area contributed by atoms with E-state index in [1.807, 2.05) is 13.0 Å². The monoisotopic (exact) mass is 382 g/mol. The molecule has 0 spiro atoms. The minimum atomic E-state index is -0.860. The Bertz CT molecular complexity index is 934. The van der Waals surface area contributed by atoms with Gasteiger partial charge in [0.2, 0.25) is 0 Å². The number of nitrogens with one attached hydrogen (secondary N) is 1. The van der Waals surface area contributed by atoms with E-state index in [2.05, 4.69) is 5.32 Å². The molecule has 144 valence electrons. The van der Waals surface area contributed by atoms with E-state index < -0.39 is 36.8 Å². The van der Waals surface area contributed by atoms with Crippen molar-refractivity contribution in [2.24, 2.45) is 0 Å². The molecule has 0 aromatic heterocycles. The highest BCUT2D eigenvalue weighted by Gasteiger charge is 2.36. The number of fused-ring (bicyclic) bond motifs is 1. The molecule has 1 N–H and O–H groups in total. The number of aryl methyl sites for hydroxylation is 1. The summed E-state index contributed by atoms with van der Waals surface area (Å²) >= 11 is 0. The lowest BCUT2D eigenvalue weighted by molar-refractivity contribution is -0.147. The van der Waals surface area contributed by atoms with Crippen molar-refractivity contribution in [1.29, 1.82) is 0 Å². The summed E-state index contributed by atoms with van der Waals surface area (Å²) in [4.78, 5) is 49.3. The summed E-state index contributed by atoms with van der Waals surface area (Å²) < 4.78 is 10.1. The smallest absolute Gasteiger partial charge is 0.326 e. The summed E-state index contributed by atoms with van der Waals surface area (Å²) in [5.41, 5.74) is 1.84. The maximum Gasteiger partial charge on any atom is 0.326 e. The Balaban J connectivity index is 1.55. The number of anilines is 1. The molecule has 1 aliphatic heterocycles. The highest BCUT2D eigenvalue weighted by molar-refractivity contribution is 6.22. The van der Waals surface area contributed by atoms with Gasteiger partial charge >= 0.3 is 5.97 Å². The van der Waals surface area contributed by atoms with Gasteiger partial charge in [-0.15, -0.1) is 0 Å². The summed E-state index contributed by atoms with van der Waals surface area (Å²) in [5.74, 6) is -2.09. The van der Waals surface area contributed by atoms with Crippen LogP contribution in [-0.4, -0.2) is 48.9 Å². The second-order valence-corrected chi connectivity index (χ2v) is 6.15. The molecular formula is C20H18N2O6. The molecule has 2 aromatic rings. The largest absolute Gasteiger partial charge is 0.495 e. The fourth-order valence-corrected chi connectivity index (χ4v) is 2.81. The van der Waals surface area contributed by atoms with Crippen LogP contribution in [0.25, 0.3) is 0 Å². The number of rotatable bonds is 6. The van der Waals surface area contributed by atoms with Gasteiger partial charge in [-0.1, -0.05) is 18.2 Å². The summed E-state index contributed by atoms with van der Waals surface area (Å²) in [7, 11) is 1.47. The number of esters is 1. The zero-order valence-electron chi connectivity index (χ0n) is 15.4. The summed E-state index contributed by atoms with van der Waals surface area (Å²) in [5, 5.41) is 2.59. The van der Waals surface area contributed by atoms with Gasteiger partial charge in [0.25, 0.3) is 17.7 Å². The molecule has 0 radical (unpaired) electrons. The van der Waals surface area contributed by atoms with Gasteiger partial charge in [0.1, 0.15) is 12.3 Å². The zero-order valence-corrected chi connectivity index (χ0v) is 15.4. The van der Waals surface area contributed by atoms with E-state index in [1.165, 1.54) is 19.2 Å². The van der Waals surface area contributed by atoms with Gasteiger partial charge in [-0.2, -0.15) is 0 Å². The van der Waals surface area contributed by atoms with Gasteiger partial charge < -0.3 is 14.8 Å². The number of hydrogen-bond acceptors (Lipinski definition) is 6. The van der Waals surface area contributed by atoms with Crippen LogP contribution in [0.5, 0.6) is 5.75 Å². The Morgan fingerprint density at radius 3 is 2.29 bits per heavy atom. The topological polar surface area (TPSA) is 102 Å². The SMILES string of the molecule is COc1ccc(C)cc1NC(=O)COC(=O)CN1C(=O)c2ccccc2C1=O. The number of carbonyl (C=O) groups is 4. The Labute approximate surface area is 161 Å². The number of methoxy groups -OCH3 is 1. The fraction of sp³-hybridized carbons (Fsp3) is 0.200. The molecule has 1 aliphatic rings. The normalized spacial score (nSPS) is 12.6. The highest BCUT2D eigenvalue weighted by atomic mass is 16.5. The Morgan fingerprint density at radius 1 is 1.04 bits per heavy atom. The van der Waals surface area contributed by atoms with E-state index in [9.17, 15) is 19.2 Å². The van der Waals surface area contributed by atoms with Crippen molar-refractivity contribution in [3.8, 4) is 5.75 Å². The molecular weight excluding hydrogens is 364 g/mol. The van der Waals surface area contributed by atoms with Crippen LogP contribution in [0.2, 0.25) is 0 Å². The van der Waals surface area contributed by atoms with Crippen molar-refractivity contribution < 1.29 is 28.7 Å². The summed E-state index contributed by atoms with van der Waals surface area (Å²) in [6, 6.07) is 11.6. The van der Waals surface area contributed by atoms with Gasteiger partial charge in [0, 0.05) is 0 Å². The maximum atomic E-state index is 12.2. The van der Waals surface area contributed by atoms with Gasteiger partial charge in [0.15, 0.2) is 6.61 Å². The Morgan fingerprint density at radius 2 is 1.68 bits per heavy atom. The maximum absolute atomic E-state index is 12.2. The van der Waals surface area contributed by atoms with Gasteiger partial charge in [-0.3, -0.25) is 24.1 Å². The zero-order chi connectivity index (χ0) is 20.3. The van der Waals surface area contributed by atoms with Crippen molar-refractivity contribution >= 4 is 29.4 Å². The summed E-state index contributed by atoms with van der Waals surface area (Å²) in [6.07, 6.45) is 0. The number of benzene rings is 2. The van der Waals surface area contributed by atoms with Crippen LogP contribution in [0.15, 0.2) is 42.5 Å². The highest BCUT2D eigenvalue weighted by Crippen LogP contribution is 2.25. The lowest BCUT2D eigenvalue weighted by Crippen LogP contribution is -2.36. The first-order valence-corrected chi connectivity index (χ1v) is 8.46. The minimum Gasteiger partial charge on any atom is -0.495 e. The van der Waals surface area contributed by atoms with Crippen molar-refractivity contribution in [3.05, 3.63) is 59.2 Å². The molecule has 0 fully saturated rings. The number of carbonyl (C=O) groups excluding carboxylic acids is 4. The van der Waals surface area contributed by atoms with Crippen LogP contribution < -0.4 is 10.1 Å². The van der Waals surface area contributed by atoms with E-state index in [0.717, 1.165) is 10.5 Å². The van der Waals surface area contributed by atoms with Gasteiger partial charge in [-0.25, -0.2) is 0 Å². The van der Waals surface area contributed by atoms with Crippen molar-refractivity contribution in [2.45, 2.75) is 6.92 Å². The molecule has 0 bridgehead atoms. The predicted molar refractivity (Wildman–Crippen MR) is 99.1 cm³/mol. The first-order valence-electron chi connectivity index (χ1n) is 8.46. The lowest BCUT2D eigenvalue weighted by atomic mass is 10.1. The van der Waals surface area contributed by atoms with Crippen molar-refractivity contribution in [1.82, 2.24) is 4.90 Å². The lowest BCUT2D eigenvalue weighted by Gasteiger charge is -2.14. The number of ether oxygens (including phenoxy) is 2. The molecule has 0 saturated carbocycles. The molecule has 0 aliphatic carbocycles. The van der Waals surface area contributed by atoms with E-state index in [-0.39, 0.29) is 11.1 Å². The molecule has 3 rings (SSSR count). The van der Waals surface area contributed by atoms with E-state index in [1.54, 1.807) is 24.3 Å². The Hall–Kier alpha value is -3.68.